The number of allylic oxidation sites excluding steroid dienone is 1. The first-order chi connectivity index (χ1) is 11.6. The molecule has 118 valence electrons. The highest BCUT2D eigenvalue weighted by molar-refractivity contribution is 5.91. The Morgan fingerprint density at radius 2 is 1.29 bits per heavy atom. The van der Waals surface area contributed by atoms with Gasteiger partial charge in [-0.25, -0.2) is 4.79 Å². The van der Waals surface area contributed by atoms with Crippen LogP contribution in [0.3, 0.4) is 0 Å². The van der Waals surface area contributed by atoms with Gasteiger partial charge in [0.1, 0.15) is 5.75 Å². The Labute approximate surface area is 142 Å². The van der Waals surface area contributed by atoms with Crippen molar-refractivity contribution in [2.45, 2.75) is 6.92 Å². The molecule has 0 amide bonds. The molecular formula is C22H18O2. The van der Waals surface area contributed by atoms with Crippen LogP contribution in [0.2, 0.25) is 0 Å². The summed E-state index contributed by atoms with van der Waals surface area (Å²) < 4.78 is 5.41. The van der Waals surface area contributed by atoms with E-state index >= 15 is 0 Å². The molecule has 2 nitrogen and oxygen atoms in total. The highest BCUT2D eigenvalue weighted by Gasteiger charge is 2.09. The molecule has 0 aliphatic carbocycles. The van der Waals surface area contributed by atoms with Crippen molar-refractivity contribution in [3.63, 3.8) is 0 Å². The van der Waals surface area contributed by atoms with Crippen LogP contribution in [0.25, 0.3) is 16.7 Å². The molecule has 0 radical (unpaired) electrons. The van der Waals surface area contributed by atoms with Crippen LogP contribution in [0.5, 0.6) is 5.75 Å². The van der Waals surface area contributed by atoms with Gasteiger partial charge in [-0.2, -0.15) is 0 Å². The van der Waals surface area contributed by atoms with E-state index in [2.05, 4.69) is 6.58 Å². The van der Waals surface area contributed by atoms with E-state index in [1.807, 2.05) is 61.5 Å². The van der Waals surface area contributed by atoms with Gasteiger partial charge in [-0.15, -0.1) is 0 Å². The maximum absolute atomic E-state index is 12.2. The number of hydrogen-bond acceptors (Lipinski definition) is 2. The van der Waals surface area contributed by atoms with E-state index in [9.17, 15) is 4.79 Å². The largest absolute Gasteiger partial charge is 0.423 e. The van der Waals surface area contributed by atoms with E-state index < -0.39 is 0 Å². The van der Waals surface area contributed by atoms with E-state index in [0.717, 1.165) is 22.3 Å². The minimum atomic E-state index is -0.363. The van der Waals surface area contributed by atoms with E-state index in [-0.39, 0.29) is 5.97 Å². The lowest BCUT2D eigenvalue weighted by atomic mass is 10.0. The molecule has 0 unspecified atom stereocenters. The summed E-state index contributed by atoms with van der Waals surface area (Å²) in [5.74, 6) is 0.162. The van der Waals surface area contributed by atoms with Crippen LogP contribution in [0.4, 0.5) is 0 Å². The molecular weight excluding hydrogens is 296 g/mol. The summed E-state index contributed by atoms with van der Waals surface area (Å²) in [6.07, 6.45) is 0. The number of carbonyl (C=O) groups excluding carboxylic acids is 1. The average molecular weight is 314 g/mol. The van der Waals surface area contributed by atoms with Crippen LogP contribution in [0, 0.1) is 0 Å². The fraction of sp³-hybridized carbons (Fsp3) is 0.0455. The molecule has 0 spiro atoms. The molecule has 0 fully saturated rings. The van der Waals surface area contributed by atoms with Gasteiger partial charge < -0.3 is 4.74 Å². The molecule has 0 aliphatic heterocycles. The monoisotopic (exact) mass is 314 g/mol. The van der Waals surface area contributed by atoms with E-state index in [4.69, 9.17) is 4.74 Å². The van der Waals surface area contributed by atoms with Crippen molar-refractivity contribution in [1.29, 1.82) is 0 Å². The first-order valence-electron chi connectivity index (χ1n) is 7.77. The standard InChI is InChI=1S/C22H18O2/c1-16(2)17-12-14-21(15-13-17)24-22(23)20-10-8-19(9-11-20)18-6-4-3-5-7-18/h3-15H,1H2,2H3. The molecule has 0 atom stereocenters. The third-order valence-corrected chi connectivity index (χ3v) is 3.79. The van der Waals surface area contributed by atoms with Crippen molar-refractivity contribution in [3.8, 4) is 16.9 Å². The molecule has 24 heavy (non-hydrogen) atoms. The summed E-state index contributed by atoms with van der Waals surface area (Å²) in [5, 5.41) is 0. The first kappa shape index (κ1) is 15.8. The molecule has 3 aromatic rings. The molecule has 3 aromatic carbocycles. The molecule has 0 heterocycles. The fourth-order valence-electron chi connectivity index (χ4n) is 2.40. The van der Waals surface area contributed by atoms with Crippen LogP contribution >= 0.6 is 0 Å². The zero-order valence-electron chi connectivity index (χ0n) is 13.5. The summed E-state index contributed by atoms with van der Waals surface area (Å²) in [4.78, 5) is 12.2. The molecule has 3 rings (SSSR count). The van der Waals surface area contributed by atoms with Crippen LogP contribution in [0.15, 0.2) is 85.4 Å². The predicted octanol–water partition coefficient (Wildman–Crippen LogP) is 5.61. The lowest BCUT2D eigenvalue weighted by Crippen LogP contribution is -2.08. The SMILES string of the molecule is C=C(C)c1ccc(OC(=O)c2ccc(-c3ccccc3)cc2)cc1. The van der Waals surface area contributed by atoms with Crippen molar-refractivity contribution in [2.24, 2.45) is 0 Å². The quantitative estimate of drug-likeness (QED) is 0.462. The van der Waals surface area contributed by atoms with Gasteiger partial charge in [-0.3, -0.25) is 0 Å². The van der Waals surface area contributed by atoms with Crippen molar-refractivity contribution < 1.29 is 9.53 Å². The van der Waals surface area contributed by atoms with E-state index in [1.54, 1.807) is 24.3 Å². The Kier molecular flexibility index (Phi) is 4.57. The lowest BCUT2D eigenvalue weighted by Gasteiger charge is -2.07. The molecule has 0 aromatic heterocycles. The van der Waals surface area contributed by atoms with Crippen LogP contribution in [0.1, 0.15) is 22.8 Å². The number of benzene rings is 3. The lowest BCUT2D eigenvalue weighted by molar-refractivity contribution is 0.0735. The van der Waals surface area contributed by atoms with E-state index in [0.29, 0.717) is 11.3 Å². The number of ether oxygens (including phenoxy) is 1. The Morgan fingerprint density at radius 1 is 0.750 bits per heavy atom. The van der Waals surface area contributed by atoms with Crippen molar-refractivity contribution >= 4 is 11.5 Å². The fourth-order valence-corrected chi connectivity index (χ4v) is 2.40. The minimum absolute atomic E-state index is 0.363. The molecule has 0 aliphatic rings. The second-order valence-electron chi connectivity index (χ2n) is 5.64. The number of hydrogen-bond donors (Lipinski definition) is 0. The van der Waals surface area contributed by atoms with Crippen molar-refractivity contribution in [1.82, 2.24) is 0 Å². The molecule has 2 heteroatoms. The topological polar surface area (TPSA) is 26.3 Å². The third-order valence-electron chi connectivity index (χ3n) is 3.79. The second-order valence-corrected chi connectivity index (χ2v) is 5.64. The van der Waals surface area contributed by atoms with Crippen molar-refractivity contribution in [2.75, 3.05) is 0 Å². The van der Waals surface area contributed by atoms with Crippen LogP contribution in [-0.2, 0) is 0 Å². The molecule has 0 saturated heterocycles. The summed E-state index contributed by atoms with van der Waals surface area (Å²) in [7, 11) is 0. The highest BCUT2D eigenvalue weighted by atomic mass is 16.5. The maximum atomic E-state index is 12.2. The summed E-state index contributed by atoms with van der Waals surface area (Å²) in [6.45, 7) is 5.83. The minimum Gasteiger partial charge on any atom is -0.423 e. The van der Waals surface area contributed by atoms with E-state index in [1.165, 1.54) is 0 Å². The second kappa shape index (κ2) is 6.97. The van der Waals surface area contributed by atoms with Gasteiger partial charge in [0.2, 0.25) is 0 Å². The predicted molar refractivity (Wildman–Crippen MR) is 98.0 cm³/mol. The van der Waals surface area contributed by atoms with Gasteiger partial charge in [-0.05, 0) is 47.9 Å². The van der Waals surface area contributed by atoms with Crippen LogP contribution in [-0.4, -0.2) is 5.97 Å². The zero-order chi connectivity index (χ0) is 16.9. The average Bonchev–Trinajstić information content (AvgIpc) is 2.63. The van der Waals surface area contributed by atoms with Gasteiger partial charge in [0.05, 0.1) is 5.56 Å². The molecule has 0 N–H and O–H groups in total. The summed E-state index contributed by atoms with van der Waals surface area (Å²) in [5.41, 5.74) is 4.72. The van der Waals surface area contributed by atoms with Gasteiger partial charge >= 0.3 is 5.97 Å². The zero-order valence-corrected chi connectivity index (χ0v) is 13.5. The number of esters is 1. The van der Waals surface area contributed by atoms with Gasteiger partial charge in [0, 0.05) is 0 Å². The summed E-state index contributed by atoms with van der Waals surface area (Å²) >= 11 is 0. The Hall–Kier alpha value is -3.13. The first-order valence-corrected chi connectivity index (χ1v) is 7.77. The molecule has 0 bridgehead atoms. The Morgan fingerprint density at radius 3 is 1.88 bits per heavy atom. The molecule has 0 saturated carbocycles. The van der Waals surface area contributed by atoms with Gasteiger partial charge in [-0.1, -0.05) is 66.7 Å². The normalized spacial score (nSPS) is 10.2. The smallest absolute Gasteiger partial charge is 0.343 e. The van der Waals surface area contributed by atoms with Gasteiger partial charge in [0.25, 0.3) is 0 Å². The Bertz CT molecular complexity index is 845. The van der Waals surface area contributed by atoms with Crippen LogP contribution < -0.4 is 4.74 Å². The highest BCUT2D eigenvalue weighted by Crippen LogP contribution is 2.21. The number of carbonyl (C=O) groups is 1. The Balaban J connectivity index is 1.72. The van der Waals surface area contributed by atoms with Gasteiger partial charge in [0.15, 0.2) is 0 Å². The van der Waals surface area contributed by atoms with Crippen molar-refractivity contribution in [3.05, 3.63) is 96.6 Å². The maximum Gasteiger partial charge on any atom is 0.343 e. The summed E-state index contributed by atoms with van der Waals surface area (Å²) in [6, 6.07) is 24.8. The number of rotatable bonds is 4. The third kappa shape index (κ3) is 3.61.